The summed E-state index contributed by atoms with van der Waals surface area (Å²) in [6, 6.07) is 6.93. The number of nitrogens with zero attached hydrogens (tertiary/aromatic N) is 4. The molecule has 0 atom stereocenters. The topological polar surface area (TPSA) is 59.8 Å². The van der Waals surface area contributed by atoms with Gasteiger partial charge in [-0.05, 0) is 37.5 Å². The van der Waals surface area contributed by atoms with Crippen LogP contribution in [0.25, 0.3) is 0 Å². The lowest BCUT2D eigenvalue weighted by Crippen LogP contribution is -2.36. The van der Waals surface area contributed by atoms with Gasteiger partial charge in [-0.25, -0.2) is 9.97 Å². The fourth-order valence-electron chi connectivity index (χ4n) is 2.91. The zero-order valence-corrected chi connectivity index (χ0v) is 14.1. The summed E-state index contributed by atoms with van der Waals surface area (Å²) in [5, 5.41) is 0. The highest BCUT2D eigenvalue weighted by Gasteiger charge is 2.40. The van der Waals surface area contributed by atoms with Gasteiger partial charge in [0.1, 0.15) is 23.5 Å². The summed E-state index contributed by atoms with van der Waals surface area (Å²) in [5.41, 5.74) is 2.28. The molecule has 2 fully saturated rings. The molecule has 1 aromatic carbocycles. The molecule has 0 bridgehead atoms. The maximum atomic E-state index is 8.25. The van der Waals surface area contributed by atoms with Gasteiger partial charge < -0.3 is 14.4 Å². The van der Waals surface area contributed by atoms with Gasteiger partial charge in [0.2, 0.25) is 0 Å². The normalized spacial score (nSPS) is 32.8. The van der Waals surface area contributed by atoms with Gasteiger partial charge in [-0.1, -0.05) is 6.07 Å². The minimum absolute atomic E-state index is 0.169. The highest BCUT2D eigenvalue weighted by atomic mass is 16.5. The molecular weight excluding hydrogens is 328 g/mol. The molecule has 0 N–H and O–H groups in total. The van der Waals surface area contributed by atoms with Crippen LogP contribution in [0.15, 0.2) is 35.6 Å². The number of ether oxygens (including phenoxy) is 2. The Hall–Kier alpha value is -2.47. The Morgan fingerprint density at radius 2 is 2.04 bits per heavy atom. The second-order valence-corrected chi connectivity index (χ2v) is 6.66. The third-order valence-electron chi connectivity index (χ3n) is 4.60. The molecule has 134 valence electrons. The lowest BCUT2D eigenvalue weighted by Gasteiger charge is -2.27. The molecule has 1 aromatic heterocycles. The van der Waals surface area contributed by atoms with Gasteiger partial charge in [0.15, 0.2) is 0 Å². The third-order valence-corrected chi connectivity index (χ3v) is 4.60. The van der Waals surface area contributed by atoms with Crippen LogP contribution >= 0.6 is 0 Å². The number of anilines is 1. The smallest absolute Gasteiger partial charge is 0.132 e. The molecule has 0 amide bonds. The Labute approximate surface area is 164 Å². The van der Waals surface area contributed by atoms with Crippen LogP contribution in [-0.4, -0.2) is 47.4 Å². The van der Waals surface area contributed by atoms with Crippen molar-refractivity contribution in [2.24, 2.45) is 4.99 Å². The van der Waals surface area contributed by atoms with Crippen LogP contribution < -0.4 is 9.64 Å². The first kappa shape index (κ1) is 9.46. The van der Waals surface area contributed by atoms with E-state index in [1.54, 1.807) is 0 Å². The van der Waals surface area contributed by atoms with Crippen LogP contribution in [0.1, 0.15) is 47.6 Å². The maximum Gasteiger partial charge on any atom is 0.132 e. The molecule has 2 aliphatic heterocycles. The standard InChI is InChI=1S/C20H22N4O2/c1-20(4-5-20)26-15-3-2-14-12-21-19(16(14)10-15)17-11-18(23-13-22-17)24-6-8-25-9-7-24/h2-3,10-11,13H,4-9,12H2,1H3/i6D2,7D2,8D2,9D2. The minimum atomic E-state index is -3.17. The van der Waals surface area contributed by atoms with Crippen LogP contribution in [-0.2, 0) is 11.3 Å². The highest BCUT2D eigenvalue weighted by Crippen LogP contribution is 2.40. The maximum absolute atomic E-state index is 8.25. The van der Waals surface area contributed by atoms with Gasteiger partial charge >= 0.3 is 0 Å². The van der Waals surface area contributed by atoms with Gasteiger partial charge in [-0.15, -0.1) is 0 Å². The van der Waals surface area contributed by atoms with E-state index in [4.69, 9.17) is 15.7 Å². The summed E-state index contributed by atoms with van der Waals surface area (Å²) in [5.74, 6) is 0.343. The molecule has 3 heterocycles. The minimum Gasteiger partial charge on any atom is -0.488 e. The zero-order chi connectivity index (χ0) is 24.7. The van der Waals surface area contributed by atoms with Gasteiger partial charge in [-0.3, -0.25) is 4.99 Å². The molecule has 6 heteroatoms. The largest absolute Gasteiger partial charge is 0.488 e. The first-order chi connectivity index (χ1) is 15.7. The van der Waals surface area contributed by atoms with E-state index in [0.29, 0.717) is 22.9 Å². The van der Waals surface area contributed by atoms with Crippen LogP contribution in [0, 0.1) is 0 Å². The molecule has 2 aromatic rings. The number of hydrogen-bond donors (Lipinski definition) is 0. The lowest BCUT2D eigenvalue weighted by atomic mass is 10.0. The zero-order valence-electron chi connectivity index (χ0n) is 22.1. The summed E-state index contributed by atoms with van der Waals surface area (Å²) < 4.78 is 75.2. The molecule has 0 radical (unpaired) electrons. The first-order valence-electron chi connectivity index (χ1n) is 12.4. The van der Waals surface area contributed by atoms with Crippen molar-refractivity contribution in [3.8, 4) is 5.75 Å². The second-order valence-electron chi connectivity index (χ2n) is 6.66. The molecule has 6 nitrogen and oxygen atoms in total. The van der Waals surface area contributed by atoms with Crippen molar-refractivity contribution in [3.63, 3.8) is 0 Å². The molecule has 1 aliphatic carbocycles. The monoisotopic (exact) mass is 358 g/mol. The predicted octanol–water partition coefficient (Wildman–Crippen LogP) is 2.60. The van der Waals surface area contributed by atoms with Crippen molar-refractivity contribution < 1.29 is 20.4 Å². The predicted molar refractivity (Wildman–Crippen MR) is 99.1 cm³/mol. The Balaban J connectivity index is 1.55. The van der Waals surface area contributed by atoms with E-state index in [-0.39, 0.29) is 17.1 Å². The second kappa shape index (κ2) is 6.06. The Bertz CT molecular complexity index is 1170. The fraction of sp³-hybridized carbons (Fsp3) is 0.450. The molecule has 0 spiro atoms. The van der Waals surface area contributed by atoms with E-state index in [1.807, 2.05) is 25.1 Å². The quantitative estimate of drug-likeness (QED) is 0.841. The Morgan fingerprint density at radius 1 is 1.19 bits per heavy atom. The molecule has 3 aliphatic rings. The first-order valence-corrected chi connectivity index (χ1v) is 8.37. The van der Waals surface area contributed by atoms with Crippen molar-refractivity contribution in [1.29, 1.82) is 0 Å². The molecule has 1 saturated carbocycles. The van der Waals surface area contributed by atoms with Crippen LogP contribution in [0.4, 0.5) is 5.82 Å². The van der Waals surface area contributed by atoms with Crippen molar-refractivity contribution >= 4 is 11.5 Å². The fourth-order valence-corrected chi connectivity index (χ4v) is 2.91. The highest BCUT2D eigenvalue weighted by molar-refractivity contribution is 6.14. The van der Waals surface area contributed by atoms with Crippen LogP contribution in [0.3, 0.4) is 0 Å². The third kappa shape index (κ3) is 2.94. The van der Waals surface area contributed by atoms with Gasteiger partial charge in [0.05, 0.1) is 42.0 Å². The Kier molecular flexibility index (Phi) is 2.20. The summed E-state index contributed by atoms with van der Waals surface area (Å²) in [4.78, 5) is 13.0. The molecule has 1 saturated heterocycles. The molecule has 26 heavy (non-hydrogen) atoms. The number of aliphatic imine (C=N–C) groups is 1. The van der Waals surface area contributed by atoms with Crippen LogP contribution in [0.2, 0.25) is 0 Å². The summed E-state index contributed by atoms with van der Waals surface area (Å²) >= 11 is 0. The van der Waals surface area contributed by atoms with E-state index in [9.17, 15) is 0 Å². The van der Waals surface area contributed by atoms with E-state index in [0.717, 1.165) is 30.3 Å². The van der Waals surface area contributed by atoms with Gasteiger partial charge in [-0.2, -0.15) is 0 Å². The van der Waals surface area contributed by atoms with Gasteiger partial charge in [0, 0.05) is 24.6 Å². The summed E-state index contributed by atoms with van der Waals surface area (Å²) in [6.45, 7) is -10.1. The number of rotatable bonds is 4. The molecular formula is C20H22N4O2. The number of hydrogen-bond acceptors (Lipinski definition) is 6. The van der Waals surface area contributed by atoms with Gasteiger partial charge in [0.25, 0.3) is 0 Å². The summed E-state index contributed by atoms with van der Waals surface area (Å²) in [6.07, 6.45) is 3.04. The van der Waals surface area contributed by atoms with Crippen molar-refractivity contribution in [3.05, 3.63) is 47.4 Å². The number of benzene rings is 1. The molecule has 0 unspecified atom stereocenters. The summed E-state index contributed by atoms with van der Waals surface area (Å²) in [7, 11) is 0. The van der Waals surface area contributed by atoms with Crippen LogP contribution in [0.5, 0.6) is 5.75 Å². The van der Waals surface area contributed by atoms with Crippen molar-refractivity contribution in [1.82, 2.24) is 9.97 Å². The van der Waals surface area contributed by atoms with Crippen molar-refractivity contribution in [2.75, 3.05) is 31.0 Å². The SMILES string of the molecule is [2H]C1([2H])OC([2H])([2H])C([2H])([2H])N(c2cc(C3=NCc4ccc(OC5(C)CC5)cc43)ncn2)C1([2H])[2H]. The molecule has 5 rings (SSSR count). The van der Waals surface area contributed by atoms with E-state index in [1.165, 1.54) is 6.07 Å². The van der Waals surface area contributed by atoms with E-state index in [2.05, 4.69) is 19.7 Å². The Morgan fingerprint density at radius 3 is 2.85 bits per heavy atom. The average Bonchev–Trinajstić information content (AvgIpc) is 3.29. The number of aromatic nitrogens is 2. The number of fused-ring (bicyclic) bond motifs is 1. The average molecular weight is 358 g/mol. The van der Waals surface area contributed by atoms with Crippen molar-refractivity contribution in [2.45, 2.75) is 31.9 Å². The van der Waals surface area contributed by atoms with E-state index >= 15 is 0 Å². The van der Waals surface area contributed by atoms with E-state index < -0.39 is 26.1 Å². The number of morpholine rings is 1. The lowest BCUT2D eigenvalue weighted by molar-refractivity contribution is 0.122.